The van der Waals surface area contributed by atoms with Gasteiger partial charge in [-0.15, -0.1) is 0 Å². The Hall–Kier alpha value is -0.720. The average Bonchev–Trinajstić information content (AvgIpc) is 2.25. The van der Waals surface area contributed by atoms with Crippen molar-refractivity contribution >= 4 is 0 Å². The van der Waals surface area contributed by atoms with E-state index in [0.717, 1.165) is 6.42 Å². The fraction of sp³-hybridized carbons (Fsp3) is 0.778. The van der Waals surface area contributed by atoms with E-state index in [-0.39, 0.29) is 16.2 Å². The first-order valence-electron chi connectivity index (χ1n) is 7.57. The molecule has 0 spiro atoms. The highest BCUT2D eigenvalue weighted by atomic mass is 16.3. The van der Waals surface area contributed by atoms with E-state index in [1.54, 1.807) is 0 Å². The lowest BCUT2D eigenvalue weighted by atomic mass is 9.54. The summed E-state index contributed by atoms with van der Waals surface area (Å²) in [5.74, 6) is 1.09. The molecule has 110 valence electrons. The molecule has 0 aromatic carbocycles. The zero-order valence-corrected chi connectivity index (χ0v) is 14.1. The molecule has 0 saturated carbocycles. The van der Waals surface area contributed by atoms with Crippen molar-refractivity contribution < 1.29 is 5.11 Å². The van der Waals surface area contributed by atoms with Gasteiger partial charge < -0.3 is 5.11 Å². The molecule has 0 saturated heterocycles. The van der Waals surface area contributed by atoms with Gasteiger partial charge in [-0.25, -0.2) is 0 Å². The number of allylic oxidation sites excluding steroid dienone is 3. The summed E-state index contributed by atoms with van der Waals surface area (Å²) in [4.78, 5) is 0. The molecule has 1 rings (SSSR count). The molecule has 0 amide bonds. The third-order valence-electron chi connectivity index (χ3n) is 5.11. The monoisotopic (exact) mass is 264 g/mol. The van der Waals surface area contributed by atoms with Gasteiger partial charge in [0, 0.05) is 0 Å². The molecule has 0 radical (unpaired) electrons. The standard InChI is InChI=1S/C18H32O/c1-9-13(2)18(17(6,7)8)11-10-15(19)14(12-18)16(3,4)5/h10-11,13,19H,9,12H2,1-8H3. The molecule has 0 aliphatic heterocycles. The summed E-state index contributed by atoms with van der Waals surface area (Å²) in [6, 6.07) is 0. The molecule has 1 heteroatoms. The van der Waals surface area contributed by atoms with Crippen LogP contribution in [0.1, 0.15) is 68.2 Å². The van der Waals surface area contributed by atoms with Crippen LogP contribution >= 0.6 is 0 Å². The lowest BCUT2D eigenvalue weighted by Gasteiger charge is -2.50. The maximum atomic E-state index is 10.2. The van der Waals surface area contributed by atoms with Gasteiger partial charge in [-0.05, 0) is 40.2 Å². The van der Waals surface area contributed by atoms with Crippen LogP contribution in [0.15, 0.2) is 23.5 Å². The fourth-order valence-electron chi connectivity index (χ4n) is 3.38. The summed E-state index contributed by atoms with van der Waals surface area (Å²) in [7, 11) is 0. The Morgan fingerprint density at radius 3 is 2.11 bits per heavy atom. The first-order chi connectivity index (χ1) is 8.45. The minimum absolute atomic E-state index is 0.0266. The van der Waals surface area contributed by atoms with Crippen molar-refractivity contribution in [2.75, 3.05) is 0 Å². The van der Waals surface area contributed by atoms with Gasteiger partial charge in [0.15, 0.2) is 0 Å². The van der Waals surface area contributed by atoms with Crippen LogP contribution in [0, 0.1) is 22.2 Å². The molecule has 0 fully saturated rings. The highest BCUT2D eigenvalue weighted by Gasteiger charge is 2.47. The molecule has 1 N–H and O–H groups in total. The van der Waals surface area contributed by atoms with Gasteiger partial charge in [0.25, 0.3) is 0 Å². The summed E-state index contributed by atoms with van der Waals surface area (Å²) in [5.41, 5.74) is 1.55. The van der Waals surface area contributed by atoms with Gasteiger partial charge in [0.05, 0.1) is 0 Å². The van der Waals surface area contributed by atoms with Gasteiger partial charge >= 0.3 is 0 Å². The van der Waals surface area contributed by atoms with Crippen LogP contribution in [0.4, 0.5) is 0 Å². The number of aliphatic hydroxyl groups is 1. The maximum absolute atomic E-state index is 10.2. The Bertz CT molecular complexity index is 387. The Morgan fingerprint density at radius 2 is 1.74 bits per heavy atom. The second-order valence-electron chi connectivity index (χ2n) is 8.22. The van der Waals surface area contributed by atoms with Crippen LogP contribution in [-0.2, 0) is 0 Å². The lowest BCUT2D eigenvalue weighted by molar-refractivity contribution is 0.0639. The summed E-state index contributed by atoms with van der Waals surface area (Å²) in [6.45, 7) is 18.2. The predicted octanol–water partition coefficient (Wildman–Crippen LogP) is 5.88. The smallest absolute Gasteiger partial charge is 0.115 e. The normalized spacial score (nSPS) is 26.7. The lowest BCUT2D eigenvalue weighted by Crippen LogP contribution is -2.42. The number of hydrogen-bond donors (Lipinski definition) is 1. The van der Waals surface area contributed by atoms with Crippen molar-refractivity contribution in [2.24, 2.45) is 22.2 Å². The van der Waals surface area contributed by atoms with Crippen LogP contribution in [0.3, 0.4) is 0 Å². The highest BCUT2D eigenvalue weighted by Crippen LogP contribution is 2.55. The summed E-state index contributed by atoms with van der Waals surface area (Å²) >= 11 is 0. The van der Waals surface area contributed by atoms with Crippen molar-refractivity contribution in [1.82, 2.24) is 0 Å². The van der Waals surface area contributed by atoms with Gasteiger partial charge in [0.1, 0.15) is 5.76 Å². The second-order valence-corrected chi connectivity index (χ2v) is 8.22. The Morgan fingerprint density at radius 1 is 1.21 bits per heavy atom. The number of hydrogen-bond acceptors (Lipinski definition) is 1. The average molecular weight is 264 g/mol. The van der Waals surface area contributed by atoms with E-state index >= 15 is 0 Å². The second kappa shape index (κ2) is 5.00. The van der Waals surface area contributed by atoms with E-state index in [4.69, 9.17) is 0 Å². The van der Waals surface area contributed by atoms with Gasteiger partial charge in [-0.1, -0.05) is 67.9 Å². The van der Waals surface area contributed by atoms with Crippen LogP contribution in [-0.4, -0.2) is 5.11 Å². The van der Waals surface area contributed by atoms with E-state index in [1.165, 1.54) is 12.0 Å². The topological polar surface area (TPSA) is 20.2 Å². The third kappa shape index (κ3) is 2.90. The largest absolute Gasteiger partial charge is 0.508 e. The summed E-state index contributed by atoms with van der Waals surface area (Å²) in [5, 5.41) is 10.2. The van der Waals surface area contributed by atoms with E-state index in [2.05, 4.69) is 61.5 Å². The van der Waals surface area contributed by atoms with Crippen molar-refractivity contribution in [3.63, 3.8) is 0 Å². The molecular formula is C18H32O. The maximum Gasteiger partial charge on any atom is 0.115 e. The Labute approximate surface area is 119 Å². The van der Waals surface area contributed by atoms with E-state index in [9.17, 15) is 5.11 Å². The van der Waals surface area contributed by atoms with Gasteiger partial charge in [-0.2, -0.15) is 0 Å². The molecule has 1 nitrogen and oxygen atoms in total. The molecule has 2 atom stereocenters. The zero-order valence-electron chi connectivity index (χ0n) is 14.1. The van der Waals surface area contributed by atoms with E-state index in [0.29, 0.717) is 11.7 Å². The Kier molecular flexibility index (Phi) is 4.29. The summed E-state index contributed by atoms with van der Waals surface area (Å²) < 4.78 is 0. The molecule has 1 aliphatic carbocycles. The molecule has 0 aromatic heterocycles. The predicted molar refractivity (Wildman–Crippen MR) is 84.2 cm³/mol. The van der Waals surface area contributed by atoms with Crippen molar-refractivity contribution in [3.8, 4) is 0 Å². The first-order valence-corrected chi connectivity index (χ1v) is 7.57. The number of rotatable bonds is 2. The van der Waals surface area contributed by atoms with Gasteiger partial charge in [0.2, 0.25) is 0 Å². The first kappa shape index (κ1) is 16.3. The number of aliphatic hydroxyl groups excluding tert-OH is 1. The third-order valence-corrected chi connectivity index (χ3v) is 5.11. The van der Waals surface area contributed by atoms with Crippen LogP contribution < -0.4 is 0 Å². The molecule has 1 aliphatic rings. The molecule has 0 bridgehead atoms. The van der Waals surface area contributed by atoms with E-state index < -0.39 is 0 Å². The fourth-order valence-corrected chi connectivity index (χ4v) is 3.38. The van der Waals surface area contributed by atoms with E-state index in [1.807, 2.05) is 6.08 Å². The molecule has 2 unspecified atom stereocenters. The highest BCUT2D eigenvalue weighted by molar-refractivity contribution is 5.33. The van der Waals surface area contributed by atoms with Crippen molar-refractivity contribution in [1.29, 1.82) is 0 Å². The molecule has 0 aromatic rings. The Balaban J connectivity index is 3.32. The zero-order chi connectivity index (χ0) is 15.1. The van der Waals surface area contributed by atoms with Crippen LogP contribution in [0.5, 0.6) is 0 Å². The van der Waals surface area contributed by atoms with Crippen LogP contribution in [0.25, 0.3) is 0 Å². The molecular weight excluding hydrogens is 232 g/mol. The quantitative estimate of drug-likeness (QED) is 0.660. The van der Waals surface area contributed by atoms with Crippen molar-refractivity contribution in [2.45, 2.75) is 68.2 Å². The van der Waals surface area contributed by atoms with Crippen molar-refractivity contribution in [3.05, 3.63) is 23.5 Å². The summed E-state index contributed by atoms with van der Waals surface area (Å²) in [6.07, 6.45) is 6.35. The minimum atomic E-state index is 0.0266. The molecule has 19 heavy (non-hydrogen) atoms. The molecule has 0 heterocycles. The SMILES string of the molecule is CCC(C)C1(C(C)(C)C)C=CC(O)=C(C(C)(C)C)C1. The minimum Gasteiger partial charge on any atom is -0.508 e. The van der Waals surface area contributed by atoms with Gasteiger partial charge in [-0.3, -0.25) is 0 Å². The van der Waals surface area contributed by atoms with Crippen LogP contribution in [0.2, 0.25) is 0 Å².